The normalized spacial score (nSPS) is 14.5. The highest BCUT2D eigenvalue weighted by molar-refractivity contribution is 6.06. The van der Waals surface area contributed by atoms with E-state index in [2.05, 4.69) is 15.6 Å². The summed E-state index contributed by atoms with van der Waals surface area (Å²) < 4.78 is 98.1. The van der Waals surface area contributed by atoms with Crippen LogP contribution in [-0.4, -0.2) is 39.8 Å². The van der Waals surface area contributed by atoms with Crippen molar-refractivity contribution in [3.05, 3.63) is 81.6 Å². The molecule has 2 atom stereocenters. The van der Waals surface area contributed by atoms with Gasteiger partial charge < -0.3 is 20.1 Å². The Morgan fingerprint density at radius 2 is 1.65 bits per heavy atom. The lowest BCUT2D eigenvalue weighted by atomic mass is 10.1. The van der Waals surface area contributed by atoms with Gasteiger partial charge in [0.15, 0.2) is 5.82 Å². The molecular weight excluding hydrogens is 620 g/mol. The lowest BCUT2D eigenvalue weighted by Crippen LogP contribution is -2.27. The molecule has 1 fully saturated rings. The molecule has 244 valence electrons. The Morgan fingerprint density at radius 1 is 1.02 bits per heavy atom. The number of carbonyl (C=O) groups excluding carboxylic acids is 1. The van der Waals surface area contributed by atoms with E-state index in [4.69, 9.17) is 9.47 Å². The predicted octanol–water partition coefficient (Wildman–Crippen LogP) is 6.70. The number of aromatic nitrogens is 3. The number of nitrogens with zero attached hydrogens (tertiary/aromatic N) is 3. The molecule has 0 spiro atoms. The third-order valence-corrected chi connectivity index (χ3v) is 7.49. The van der Waals surface area contributed by atoms with Crippen LogP contribution in [0.15, 0.2) is 53.3 Å². The molecule has 46 heavy (non-hydrogen) atoms. The van der Waals surface area contributed by atoms with Gasteiger partial charge in [0.05, 0.1) is 12.7 Å². The summed E-state index contributed by atoms with van der Waals surface area (Å²) in [5.74, 6) is -4.06. The van der Waals surface area contributed by atoms with E-state index in [9.17, 15) is 27.2 Å². The number of nitrogens with one attached hydrogen (secondary N) is 2. The second kappa shape index (κ2) is 12.4. The molecule has 5 rings (SSSR count). The van der Waals surface area contributed by atoms with Gasteiger partial charge in [-0.1, -0.05) is 0 Å². The first-order valence-electron chi connectivity index (χ1n) is 14.1. The summed E-state index contributed by atoms with van der Waals surface area (Å²) in [5, 5.41) is 5.34. The predicted molar refractivity (Wildman–Crippen MR) is 157 cm³/mol. The maximum Gasteiger partial charge on any atom is 0.420 e. The fourth-order valence-electron chi connectivity index (χ4n) is 5.05. The van der Waals surface area contributed by atoms with Crippen LogP contribution in [-0.2, 0) is 13.2 Å². The van der Waals surface area contributed by atoms with Crippen LogP contribution >= 0.6 is 0 Å². The van der Waals surface area contributed by atoms with Crippen LogP contribution < -0.4 is 25.7 Å². The van der Waals surface area contributed by atoms with E-state index in [-0.39, 0.29) is 28.9 Å². The molecule has 2 heterocycles. The Balaban J connectivity index is 1.70. The second-order valence-corrected chi connectivity index (χ2v) is 10.8. The monoisotopic (exact) mass is 649 g/mol. The third-order valence-electron chi connectivity index (χ3n) is 7.49. The Kier molecular flexibility index (Phi) is 8.78. The number of ether oxygens (including phenoxy) is 2. The minimum atomic E-state index is -4.99. The number of carbonyl (C=O) groups is 1. The molecule has 0 saturated heterocycles. The van der Waals surface area contributed by atoms with Gasteiger partial charge in [0.2, 0.25) is 6.36 Å². The van der Waals surface area contributed by atoms with Crippen LogP contribution in [0.4, 0.5) is 37.8 Å². The van der Waals surface area contributed by atoms with Crippen molar-refractivity contribution in [2.75, 3.05) is 17.7 Å². The van der Waals surface area contributed by atoms with Crippen molar-refractivity contribution in [2.24, 2.45) is 13.0 Å². The quantitative estimate of drug-likeness (QED) is 0.186. The first-order chi connectivity index (χ1) is 21.7. The molecule has 1 aliphatic carbocycles. The highest BCUT2D eigenvalue weighted by Crippen LogP contribution is 2.38. The molecule has 1 unspecified atom stereocenters. The van der Waals surface area contributed by atoms with E-state index in [0.29, 0.717) is 10.6 Å². The molecular formula is C31H29F6N5O4. The van der Waals surface area contributed by atoms with Crippen molar-refractivity contribution in [2.45, 2.75) is 45.3 Å². The SMILES string of the molecule is COc1cc(F)c(-c2c(NC(=O)c3ccc(OC(C)F)cc3)c(=O)n(-c3nc(N[C@H](C)C4CC4)ccc3C(F)(F)F)n2C)c(F)c1. The van der Waals surface area contributed by atoms with Crippen LogP contribution in [0.1, 0.15) is 42.6 Å². The van der Waals surface area contributed by atoms with E-state index in [1.807, 2.05) is 6.92 Å². The van der Waals surface area contributed by atoms with Crippen molar-refractivity contribution in [3.63, 3.8) is 0 Å². The van der Waals surface area contributed by atoms with E-state index >= 15 is 8.78 Å². The van der Waals surface area contributed by atoms with Crippen molar-refractivity contribution >= 4 is 17.4 Å². The third kappa shape index (κ3) is 6.53. The van der Waals surface area contributed by atoms with Crippen molar-refractivity contribution in [3.8, 4) is 28.6 Å². The lowest BCUT2D eigenvalue weighted by molar-refractivity contribution is -0.137. The highest BCUT2D eigenvalue weighted by atomic mass is 19.4. The van der Waals surface area contributed by atoms with Crippen LogP contribution in [0.2, 0.25) is 0 Å². The molecule has 0 aliphatic heterocycles. The van der Waals surface area contributed by atoms with E-state index in [0.717, 1.165) is 55.8 Å². The number of anilines is 2. The van der Waals surface area contributed by atoms with Gasteiger partial charge in [0, 0.05) is 37.7 Å². The summed E-state index contributed by atoms with van der Waals surface area (Å²) >= 11 is 0. The molecule has 9 nitrogen and oxygen atoms in total. The minimum Gasteiger partial charge on any atom is -0.497 e. The average Bonchev–Trinajstić information content (AvgIpc) is 3.80. The Morgan fingerprint density at radius 3 is 2.20 bits per heavy atom. The Labute approximate surface area is 258 Å². The van der Waals surface area contributed by atoms with Gasteiger partial charge in [-0.2, -0.15) is 17.9 Å². The van der Waals surface area contributed by atoms with Gasteiger partial charge in [-0.3, -0.25) is 14.3 Å². The number of halogens is 6. The molecule has 0 bridgehead atoms. The van der Waals surface area contributed by atoms with E-state index < -0.39 is 64.0 Å². The lowest BCUT2D eigenvalue weighted by Gasteiger charge is -2.19. The summed E-state index contributed by atoms with van der Waals surface area (Å²) in [6.45, 7) is 3.00. The zero-order chi connectivity index (χ0) is 33.5. The number of methoxy groups -OCH3 is 1. The van der Waals surface area contributed by atoms with Gasteiger partial charge >= 0.3 is 6.18 Å². The summed E-state index contributed by atoms with van der Waals surface area (Å²) in [6.07, 6.45) is -4.75. The Bertz CT molecular complexity index is 1810. The van der Waals surface area contributed by atoms with Crippen LogP contribution in [0.3, 0.4) is 0 Å². The van der Waals surface area contributed by atoms with Gasteiger partial charge in [0.1, 0.15) is 45.9 Å². The number of pyridine rings is 1. The fraction of sp³-hybridized carbons (Fsp3) is 0.323. The summed E-state index contributed by atoms with van der Waals surface area (Å²) in [7, 11) is 2.28. The van der Waals surface area contributed by atoms with Gasteiger partial charge in [-0.15, -0.1) is 0 Å². The van der Waals surface area contributed by atoms with Gasteiger partial charge in [-0.25, -0.2) is 18.2 Å². The molecule has 2 N–H and O–H groups in total. The smallest absolute Gasteiger partial charge is 0.420 e. The maximum atomic E-state index is 15.4. The summed E-state index contributed by atoms with van der Waals surface area (Å²) in [5.41, 5.74) is -4.77. The number of alkyl halides is 4. The maximum absolute atomic E-state index is 15.4. The topological polar surface area (TPSA) is 99.4 Å². The second-order valence-electron chi connectivity index (χ2n) is 10.8. The molecule has 2 aromatic carbocycles. The van der Waals surface area contributed by atoms with Crippen LogP contribution in [0.25, 0.3) is 17.1 Å². The summed E-state index contributed by atoms with van der Waals surface area (Å²) in [6, 6.07) is 8.42. The number of amides is 1. The first-order valence-corrected chi connectivity index (χ1v) is 14.1. The van der Waals surface area contributed by atoms with Gasteiger partial charge in [0.25, 0.3) is 11.5 Å². The molecule has 1 aliphatic rings. The largest absolute Gasteiger partial charge is 0.497 e. The van der Waals surface area contributed by atoms with E-state index in [1.54, 1.807) is 0 Å². The molecule has 4 aromatic rings. The number of hydrogen-bond donors (Lipinski definition) is 2. The standard InChI is InChI=1S/C31H29F6N5O4/c1-15(17-5-6-17)38-24-12-11-21(31(35,36)37)28(39-24)42-30(44)26(40-29(43)18-7-9-19(10-8-18)46-16(2)32)27(41(42)3)25-22(33)13-20(45-4)14-23(25)34/h7-17H,5-6H2,1-4H3,(H,38,39)(H,40,43)/t15-,16?/m1/s1. The highest BCUT2D eigenvalue weighted by Gasteiger charge is 2.38. The van der Waals surface area contributed by atoms with Crippen LogP contribution in [0, 0.1) is 17.6 Å². The number of rotatable bonds is 10. The fourth-order valence-corrected chi connectivity index (χ4v) is 5.05. The zero-order valence-corrected chi connectivity index (χ0v) is 25.0. The zero-order valence-electron chi connectivity index (χ0n) is 25.0. The average molecular weight is 650 g/mol. The molecule has 2 aromatic heterocycles. The summed E-state index contributed by atoms with van der Waals surface area (Å²) in [4.78, 5) is 31.4. The van der Waals surface area contributed by atoms with Crippen molar-refractivity contribution in [1.82, 2.24) is 14.3 Å². The van der Waals surface area contributed by atoms with Crippen molar-refractivity contribution < 1.29 is 40.6 Å². The van der Waals surface area contributed by atoms with Crippen LogP contribution in [0.5, 0.6) is 11.5 Å². The van der Waals surface area contributed by atoms with E-state index in [1.165, 1.54) is 31.4 Å². The van der Waals surface area contributed by atoms with Gasteiger partial charge in [-0.05, 0) is 62.1 Å². The molecule has 0 radical (unpaired) electrons. The molecule has 15 heteroatoms. The first kappa shape index (κ1) is 32.4. The van der Waals surface area contributed by atoms with Crippen molar-refractivity contribution in [1.29, 1.82) is 0 Å². The number of benzene rings is 2. The Hall–Kier alpha value is -4.95. The number of hydrogen-bond acceptors (Lipinski definition) is 6. The minimum absolute atomic E-state index is 0.0364. The molecule has 1 amide bonds. The molecule has 1 saturated carbocycles.